The SMILES string of the molecule is CCn1c(-c2ccccc2)nc2cc(CN3CCN(C(c4ccc(F)cc4)c4ccc(F)cc4)CC3)ccc21. The Morgan fingerprint density at radius 3 is 1.95 bits per heavy atom. The molecule has 0 spiro atoms. The van der Waals surface area contributed by atoms with E-state index in [-0.39, 0.29) is 17.7 Å². The molecule has 198 valence electrons. The van der Waals surface area contributed by atoms with Crippen LogP contribution in [0, 0.1) is 11.6 Å². The number of aromatic nitrogens is 2. The molecule has 4 nitrogen and oxygen atoms in total. The molecule has 1 aliphatic heterocycles. The fraction of sp³-hybridized carbons (Fsp3) is 0.242. The van der Waals surface area contributed by atoms with Crippen LogP contribution in [0.3, 0.4) is 0 Å². The summed E-state index contributed by atoms with van der Waals surface area (Å²) in [6, 6.07) is 30.3. The Bertz CT molecular complexity index is 1490. The van der Waals surface area contributed by atoms with Crippen LogP contribution in [-0.4, -0.2) is 45.5 Å². The second kappa shape index (κ2) is 11.1. The number of benzene rings is 4. The molecule has 0 amide bonds. The summed E-state index contributed by atoms with van der Waals surface area (Å²) in [6.07, 6.45) is 0. The van der Waals surface area contributed by atoms with E-state index in [4.69, 9.17) is 4.98 Å². The van der Waals surface area contributed by atoms with Crippen LogP contribution < -0.4 is 0 Å². The van der Waals surface area contributed by atoms with E-state index in [2.05, 4.69) is 63.8 Å². The van der Waals surface area contributed by atoms with Crippen LogP contribution in [-0.2, 0) is 13.1 Å². The van der Waals surface area contributed by atoms with Gasteiger partial charge in [-0.1, -0.05) is 60.7 Å². The fourth-order valence-electron chi connectivity index (χ4n) is 5.74. The summed E-state index contributed by atoms with van der Waals surface area (Å²) >= 11 is 0. The monoisotopic (exact) mass is 522 g/mol. The van der Waals surface area contributed by atoms with Crippen LogP contribution in [0.25, 0.3) is 22.4 Å². The number of aryl methyl sites for hydroxylation is 1. The molecule has 6 heteroatoms. The quantitative estimate of drug-likeness (QED) is 0.232. The molecule has 0 saturated carbocycles. The lowest BCUT2D eigenvalue weighted by atomic mass is 9.96. The van der Waals surface area contributed by atoms with Crippen molar-refractivity contribution >= 4 is 11.0 Å². The third-order valence-corrected chi connectivity index (χ3v) is 7.71. The van der Waals surface area contributed by atoms with Gasteiger partial charge in [0.05, 0.1) is 17.1 Å². The molecule has 0 radical (unpaired) electrons. The summed E-state index contributed by atoms with van der Waals surface area (Å²) in [7, 11) is 0. The van der Waals surface area contributed by atoms with Crippen molar-refractivity contribution in [3.8, 4) is 11.4 Å². The predicted molar refractivity (Wildman–Crippen MR) is 152 cm³/mol. The van der Waals surface area contributed by atoms with Gasteiger partial charge in [-0.05, 0) is 60.0 Å². The van der Waals surface area contributed by atoms with Crippen molar-refractivity contribution in [1.29, 1.82) is 0 Å². The minimum atomic E-state index is -0.252. The Labute approximate surface area is 228 Å². The van der Waals surface area contributed by atoms with E-state index < -0.39 is 0 Å². The highest BCUT2D eigenvalue weighted by Gasteiger charge is 2.27. The molecule has 0 aliphatic carbocycles. The largest absolute Gasteiger partial charge is 0.324 e. The first kappa shape index (κ1) is 25.4. The number of hydrogen-bond donors (Lipinski definition) is 0. The third kappa shape index (κ3) is 5.35. The molecule has 1 fully saturated rings. The summed E-state index contributed by atoms with van der Waals surface area (Å²) in [5.74, 6) is 0.502. The molecule has 4 aromatic carbocycles. The number of imidazole rings is 1. The van der Waals surface area contributed by atoms with E-state index in [1.54, 1.807) is 0 Å². The van der Waals surface area contributed by atoms with Gasteiger partial charge in [0.1, 0.15) is 17.5 Å². The average molecular weight is 523 g/mol. The molecule has 5 aromatic rings. The van der Waals surface area contributed by atoms with Crippen molar-refractivity contribution in [1.82, 2.24) is 19.4 Å². The molecular weight excluding hydrogens is 490 g/mol. The first-order chi connectivity index (χ1) is 19.1. The molecule has 0 bridgehead atoms. The van der Waals surface area contributed by atoms with Gasteiger partial charge in [-0.15, -0.1) is 0 Å². The van der Waals surface area contributed by atoms with Crippen LogP contribution in [0.1, 0.15) is 29.7 Å². The van der Waals surface area contributed by atoms with E-state index in [1.807, 2.05) is 30.3 Å². The molecule has 6 rings (SSSR count). The van der Waals surface area contributed by atoms with Gasteiger partial charge < -0.3 is 4.57 Å². The highest BCUT2D eigenvalue weighted by atomic mass is 19.1. The van der Waals surface area contributed by atoms with Crippen molar-refractivity contribution in [2.24, 2.45) is 0 Å². The van der Waals surface area contributed by atoms with Crippen molar-refractivity contribution in [2.45, 2.75) is 26.1 Å². The lowest BCUT2D eigenvalue weighted by Crippen LogP contribution is -2.47. The Balaban J connectivity index is 1.18. The number of nitrogens with zero attached hydrogens (tertiary/aromatic N) is 4. The van der Waals surface area contributed by atoms with E-state index >= 15 is 0 Å². The lowest BCUT2D eigenvalue weighted by Gasteiger charge is -2.40. The maximum atomic E-state index is 13.7. The molecular formula is C33H32F2N4. The Morgan fingerprint density at radius 2 is 1.36 bits per heavy atom. The van der Waals surface area contributed by atoms with Crippen LogP contribution in [0.5, 0.6) is 0 Å². The summed E-state index contributed by atoms with van der Waals surface area (Å²) < 4.78 is 29.6. The average Bonchev–Trinajstić information content (AvgIpc) is 3.34. The third-order valence-electron chi connectivity index (χ3n) is 7.71. The highest BCUT2D eigenvalue weighted by Crippen LogP contribution is 2.31. The number of halogens is 2. The van der Waals surface area contributed by atoms with Gasteiger partial charge in [0.25, 0.3) is 0 Å². The van der Waals surface area contributed by atoms with E-state index in [0.29, 0.717) is 0 Å². The minimum Gasteiger partial charge on any atom is -0.324 e. The topological polar surface area (TPSA) is 24.3 Å². The summed E-state index contributed by atoms with van der Waals surface area (Å²) in [4.78, 5) is 9.89. The zero-order chi connectivity index (χ0) is 26.8. The molecule has 2 heterocycles. The molecule has 0 N–H and O–H groups in total. The van der Waals surface area contributed by atoms with Gasteiger partial charge >= 0.3 is 0 Å². The highest BCUT2D eigenvalue weighted by molar-refractivity contribution is 5.81. The zero-order valence-electron chi connectivity index (χ0n) is 22.1. The van der Waals surface area contributed by atoms with Crippen LogP contribution in [0.4, 0.5) is 8.78 Å². The minimum absolute atomic E-state index is 0.0425. The predicted octanol–water partition coefficient (Wildman–Crippen LogP) is 6.91. The van der Waals surface area contributed by atoms with Gasteiger partial charge in [-0.25, -0.2) is 13.8 Å². The number of rotatable bonds is 7. The number of hydrogen-bond acceptors (Lipinski definition) is 3. The molecule has 1 aromatic heterocycles. The van der Waals surface area contributed by atoms with Crippen LogP contribution in [0.15, 0.2) is 97.1 Å². The number of piperazine rings is 1. The second-order valence-corrected chi connectivity index (χ2v) is 10.2. The molecule has 0 unspecified atom stereocenters. The normalized spacial score (nSPS) is 14.9. The van der Waals surface area contributed by atoms with Gasteiger partial charge in [-0.3, -0.25) is 9.80 Å². The maximum absolute atomic E-state index is 13.7. The molecule has 39 heavy (non-hydrogen) atoms. The van der Waals surface area contributed by atoms with Gasteiger partial charge in [0.15, 0.2) is 0 Å². The second-order valence-electron chi connectivity index (χ2n) is 10.2. The standard InChI is InChI=1S/C33H32F2N4/c1-2-39-31-17-8-24(22-30(31)36-33(39)27-6-4-3-5-7-27)23-37-18-20-38(21-19-37)32(25-9-13-28(34)14-10-25)26-11-15-29(35)16-12-26/h3-17,22,32H,2,18-21,23H2,1H3. The van der Waals surface area contributed by atoms with Crippen molar-refractivity contribution in [2.75, 3.05) is 26.2 Å². The molecule has 1 aliphatic rings. The maximum Gasteiger partial charge on any atom is 0.141 e. The van der Waals surface area contributed by atoms with Crippen molar-refractivity contribution in [3.05, 3.63) is 125 Å². The lowest BCUT2D eigenvalue weighted by molar-refractivity contribution is 0.105. The Hall–Kier alpha value is -3.87. The smallest absolute Gasteiger partial charge is 0.141 e. The first-order valence-corrected chi connectivity index (χ1v) is 13.6. The number of fused-ring (bicyclic) bond motifs is 1. The summed E-state index contributed by atoms with van der Waals surface area (Å²) in [6.45, 7) is 7.44. The Morgan fingerprint density at radius 1 is 0.744 bits per heavy atom. The zero-order valence-corrected chi connectivity index (χ0v) is 22.1. The molecule has 1 saturated heterocycles. The fourth-order valence-corrected chi connectivity index (χ4v) is 5.74. The first-order valence-electron chi connectivity index (χ1n) is 13.6. The summed E-state index contributed by atoms with van der Waals surface area (Å²) in [5.41, 5.74) is 6.60. The van der Waals surface area contributed by atoms with E-state index in [0.717, 1.165) is 72.8 Å². The summed E-state index contributed by atoms with van der Waals surface area (Å²) in [5, 5.41) is 0. The van der Waals surface area contributed by atoms with Gasteiger partial charge in [0.2, 0.25) is 0 Å². The van der Waals surface area contributed by atoms with Gasteiger partial charge in [-0.2, -0.15) is 0 Å². The Kier molecular flexibility index (Phi) is 7.22. The van der Waals surface area contributed by atoms with Crippen molar-refractivity contribution < 1.29 is 8.78 Å². The van der Waals surface area contributed by atoms with E-state index in [9.17, 15) is 8.78 Å². The van der Waals surface area contributed by atoms with Crippen LogP contribution in [0.2, 0.25) is 0 Å². The van der Waals surface area contributed by atoms with Gasteiger partial charge in [0, 0.05) is 44.8 Å². The van der Waals surface area contributed by atoms with Crippen molar-refractivity contribution in [3.63, 3.8) is 0 Å². The van der Waals surface area contributed by atoms with Crippen LogP contribution >= 0.6 is 0 Å². The molecule has 0 atom stereocenters. The van der Waals surface area contributed by atoms with E-state index in [1.165, 1.54) is 29.8 Å².